The average Bonchev–Trinajstić information content (AvgIpc) is 2.15. The minimum Gasteiger partial charge on any atom is -0.435 e. The van der Waals surface area contributed by atoms with Crippen molar-refractivity contribution in [3.05, 3.63) is 12.7 Å². The van der Waals surface area contributed by atoms with Gasteiger partial charge < -0.3 is 10.5 Å². The highest BCUT2D eigenvalue weighted by Gasteiger charge is 2.34. The molecule has 0 saturated heterocycles. The number of alkyl halides is 1. The summed E-state index contributed by atoms with van der Waals surface area (Å²) in [5, 5.41) is 0.849. The van der Waals surface area contributed by atoms with Crippen LogP contribution in [0.2, 0.25) is 0 Å². The summed E-state index contributed by atoms with van der Waals surface area (Å²) >= 11 is 3.28. The molecule has 0 aromatic heterocycles. The van der Waals surface area contributed by atoms with Crippen LogP contribution in [0, 0.1) is 0 Å². The van der Waals surface area contributed by atoms with Crippen molar-refractivity contribution in [1.82, 2.24) is 0 Å². The second-order valence-electron chi connectivity index (χ2n) is 3.37. The van der Waals surface area contributed by atoms with E-state index in [1.54, 1.807) is 6.92 Å². The third-order valence-corrected chi connectivity index (χ3v) is 2.63. The maximum absolute atomic E-state index is 11.5. The first-order chi connectivity index (χ1) is 6.96. The van der Waals surface area contributed by atoms with Crippen molar-refractivity contribution >= 4 is 27.8 Å². The lowest BCUT2D eigenvalue weighted by Crippen LogP contribution is -2.41. The largest absolute Gasteiger partial charge is 0.435 e. The Bertz CT molecular complexity index is 255. The van der Waals surface area contributed by atoms with Crippen molar-refractivity contribution < 1.29 is 14.3 Å². The fraction of sp³-hybridized carbons (Fsp3) is 0.600. The van der Waals surface area contributed by atoms with Crippen LogP contribution in [0.5, 0.6) is 0 Å². The number of amides is 1. The van der Waals surface area contributed by atoms with Crippen LogP contribution < -0.4 is 5.73 Å². The van der Waals surface area contributed by atoms with Crippen molar-refractivity contribution in [3.63, 3.8) is 0 Å². The van der Waals surface area contributed by atoms with E-state index >= 15 is 0 Å². The molecule has 0 spiro atoms. The summed E-state index contributed by atoms with van der Waals surface area (Å²) < 4.78 is 4.84. The minimum absolute atomic E-state index is 0.323. The van der Waals surface area contributed by atoms with Crippen LogP contribution in [-0.2, 0) is 9.53 Å². The summed E-state index contributed by atoms with van der Waals surface area (Å²) in [6, 6.07) is 0. The van der Waals surface area contributed by atoms with Gasteiger partial charge in [-0.2, -0.15) is 0 Å². The third kappa shape index (κ3) is 4.97. The van der Waals surface area contributed by atoms with Crippen LogP contribution in [0.4, 0.5) is 4.79 Å². The fourth-order valence-electron chi connectivity index (χ4n) is 1.22. The van der Waals surface area contributed by atoms with E-state index in [2.05, 4.69) is 22.5 Å². The zero-order valence-corrected chi connectivity index (χ0v) is 10.4. The van der Waals surface area contributed by atoms with Gasteiger partial charge in [-0.25, -0.2) is 4.79 Å². The molecule has 0 rings (SSSR count). The Morgan fingerprint density at radius 3 is 2.53 bits per heavy atom. The van der Waals surface area contributed by atoms with Crippen LogP contribution in [0.25, 0.3) is 0 Å². The lowest BCUT2D eigenvalue weighted by molar-refractivity contribution is -0.131. The molecule has 0 bridgehead atoms. The van der Waals surface area contributed by atoms with E-state index in [1.807, 2.05) is 0 Å². The van der Waals surface area contributed by atoms with Gasteiger partial charge >= 0.3 is 6.09 Å². The molecular formula is C10H16BrNO3. The van der Waals surface area contributed by atoms with Crippen molar-refractivity contribution in [2.24, 2.45) is 5.73 Å². The zero-order chi connectivity index (χ0) is 11.9. The van der Waals surface area contributed by atoms with Gasteiger partial charge in [0.2, 0.25) is 0 Å². The van der Waals surface area contributed by atoms with Crippen molar-refractivity contribution in [2.45, 2.75) is 31.8 Å². The van der Waals surface area contributed by atoms with Crippen molar-refractivity contribution in [2.75, 3.05) is 5.33 Å². The standard InChI is InChI=1S/C10H16BrNO3/c1-3-8(13)10(2,15-9(12)14)6-4-5-7-11/h3H,1,4-7H2,2H3,(H2,12,14). The van der Waals surface area contributed by atoms with Gasteiger partial charge in [-0.15, -0.1) is 0 Å². The Balaban J connectivity index is 4.47. The summed E-state index contributed by atoms with van der Waals surface area (Å²) in [6.45, 7) is 4.92. The third-order valence-electron chi connectivity index (χ3n) is 2.07. The second-order valence-corrected chi connectivity index (χ2v) is 4.16. The highest BCUT2D eigenvalue weighted by molar-refractivity contribution is 9.09. The molecule has 1 unspecified atom stereocenters. The Labute approximate surface area is 98.0 Å². The Morgan fingerprint density at radius 2 is 2.13 bits per heavy atom. The number of carbonyl (C=O) groups excluding carboxylic acids is 2. The van der Waals surface area contributed by atoms with Gasteiger partial charge in [0.15, 0.2) is 11.4 Å². The molecule has 1 atom stereocenters. The van der Waals surface area contributed by atoms with Crippen LogP contribution in [0.15, 0.2) is 12.7 Å². The monoisotopic (exact) mass is 277 g/mol. The summed E-state index contributed by atoms with van der Waals surface area (Å²) in [5.74, 6) is -0.323. The predicted molar refractivity (Wildman–Crippen MR) is 61.9 cm³/mol. The quantitative estimate of drug-likeness (QED) is 0.440. The zero-order valence-electron chi connectivity index (χ0n) is 8.79. The minimum atomic E-state index is -1.17. The number of unbranched alkanes of at least 4 members (excludes halogenated alkanes) is 1. The summed E-state index contributed by atoms with van der Waals surface area (Å²) in [7, 11) is 0. The van der Waals surface area contributed by atoms with E-state index in [0.29, 0.717) is 6.42 Å². The molecule has 0 fully saturated rings. The molecule has 86 valence electrons. The maximum Gasteiger partial charge on any atom is 0.405 e. The van der Waals surface area contributed by atoms with E-state index in [1.165, 1.54) is 0 Å². The molecule has 0 radical (unpaired) electrons. The molecule has 0 aliphatic heterocycles. The smallest absolute Gasteiger partial charge is 0.405 e. The molecule has 5 heteroatoms. The van der Waals surface area contributed by atoms with Gasteiger partial charge in [-0.05, 0) is 32.3 Å². The molecule has 0 aliphatic rings. The molecule has 0 aliphatic carbocycles. The molecule has 0 aromatic carbocycles. The summed E-state index contributed by atoms with van der Waals surface area (Å²) in [4.78, 5) is 22.2. The number of hydrogen-bond donors (Lipinski definition) is 1. The molecule has 0 heterocycles. The first-order valence-electron chi connectivity index (χ1n) is 4.67. The first-order valence-corrected chi connectivity index (χ1v) is 5.79. The van der Waals surface area contributed by atoms with E-state index in [-0.39, 0.29) is 5.78 Å². The number of ketones is 1. The van der Waals surface area contributed by atoms with Gasteiger partial charge in [0.05, 0.1) is 0 Å². The van der Waals surface area contributed by atoms with Crippen LogP contribution in [0.3, 0.4) is 0 Å². The summed E-state index contributed by atoms with van der Waals surface area (Å²) in [6.07, 6.45) is 2.34. The van der Waals surface area contributed by atoms with Gasteiger partial charge in [0.25, 0.3) is 0 Å². The highest BCUT2D eigenvalue weighted by atomic mass is 79.9. The number of rotatable bonds is 7. The topological polar surface area (TPSA) is 69.4 Å². The number of hydrogen-bond acceptors (Lipinski definition) is 3. The Morgan fingerprint density at radius 1 is 1.53 bits per heavy atom. The lowest BCUT2D eigenvalue weighted by Gasteiger charge is -2.25. The summed E-state index contributed by atoms with van der Waals surface area (Å²) in [5.41, 5.74) is 3.75. The van der Waals surface area contributed by atoms with Gasteiger partial charge in [0, 0.05) is 5.33 Å². The Hall–Kier alpha value is -0.840. The van der Waals surface area contributed by atoms with E-state index in [4.69, 9.17) is 10.5 Å². The first kappa shape index (κ1) is 14.2. The van der Waals surface area contributed by atoms with E-state index in [9.17, 15) is 9.59 Å². The van der Waals surface area contributed by atoms with Gasteiger partial charge in [-0.3, -0.25) is 4.79 Å². The van der Waals surface area contributed by atoms with Crippen molar-refractivity contribution in [3.8, 4) is 0 Å². The number of ether oxygens (including phenoxy) is 1. The molecule has 15 heavy (non-hydrogen) atoms. The molecular weight excluding hydrogens is 262 g/mol. The molecule has 2 N–H and O–H groups in total. The maximum atomic E-state index is 11.5. The van der Waals surface area contributed by atoms with Crippen LogP contribution in [0.1, 0.15) is 26.2 Å². The molecule has 0 aromatic rings. The normalized spacial score (nSPS) is 14.0. The van der Waals surface area contributed by atoms with Crippen LogP contribution in [-0.4, -0.2) is 22.8 Å². The predicted octanol–water partition coefficient (Wildman–Crippen LogP) is 2.16. The number of primary amides is 1. The molecule has 1 amide bonds. The van der Waals surface area contributed by atoms with E-state index < -0.39 is 11.7 Å². The average molecular weight is 278 g/mol. The fourth-order valence-corrected chi connectivity index (χ4v) is 1.62. The number of nitrogens with two attached hydrogens (primary N) is 1. The highest BCUT2D eigenvalue weighted by Crippen LogP contribution is 2.21. The lowest BCUT2D eigenvalue weighted by atomic mass is 9.94. The second kappa shape index (κ2) is 6.61. The Kier molecular flexibility index (Phi) is 6.24. The number of halogens is 1. The van der Waals surface area contributed by atoms with Gasteiger partial charge in [-0.1, -0.05) is 22.5 Å². The SMILES string of the molecule is C=CC(=O)C(C)(CCCCBr)OC(N)=O. The molecule has 0 saturated carbocycles. The van der Waals surface area contributed by atoms with Crippen molar-refractivity contribution in [1.29, 1.82) is 0 Å². The van der Waals surface area contributed by atoms with E-state index in [0.717, 1.165) is 24.2 Å². The molecule has 4 nitrogen and oxygen atoms in total. The number of carbonyl (C=O) groups is 2. The van der Waals surface area contributed by atoms with Crippen LogP contribution >= 0.6 is 15.9 Å². The van der Waals surface area contributed by atoms with Gasteiger partial charge in [0.1, 0.15) is 0 Å².